The standard InChI is InChI=1S/C23H21Cl2N5OS/c1-23(14-26,16-7-8-16)27-20(31)13-32-22-29-28-21(18-10-9-17(24)11-19(18)25)30(22)12-15-5-3-2-4-6-15/h2-6,9-11,16H,7-8,12-13H2,1H3,(H,27,31). The number of nitrogens with one attached hydrogen (secondary N) is 1. The Labute approximate surface area is 200 Å². The van der Waals surface area contributed by atoms with E-state index in [-0.39, 0.29) is 17.6 Å². The molecular formula is C23H21Cl2N5OS. The van der Waals surface area contributed by atoms with Crippen molar-refractivity contribution < 1.29 is 4.79 Å². The Morgan fingerprint density at radius 2 is 2.00 bits per heavy atom. The zero-order valence-corrected chi connectivity index (χ0v) is 19.7. The number of benzene rings is 2. The molecule has 1 aliphatic rings. The van der Waals surface area contributed by atoms with Crippen LogP contribution in [-0.2, 0) is 11.3 Å². The first-order valence-corrected chi connectivity index (χ1v) is 11.9. The van der Waals surface area contributed by atoms with E-state index in [0.717, 1.165) is 18.4 Å². The van der Waals surface area contributed by atoms with Gasteiger partial charge in [-0.2, -0.15) is 5.26 Å². The lowest BCUT2D eigenvalue weighted by atomic mass is 9.98. The number of carbonyl (C=O) groups is 1. The maximum absolute atomic E-state index is 12.6. The minimum atomic E-state index is -0.822. The summed E-state index contributed by atoms with van der Waals surface area (Å²) in [5.41, 5.74) is 0.953. The van der Waals surface area contributed by atoms with Crippen molar-refractivity contribution in [1.29, 1.82) is 5.26 Å². The first-order chi connectivity index (χ1) is 15.4. The minimum absolute atomic E-state index is 0.130. The van der Waals surface area contributed by atoms with Crippen LogP contribution in [0.25, 0.3) is 11.4 Å². The van der Waals surface area contributed by atoms with Crippen LogP contribution in [0.3, 0.4) is 0 Å². The lowest BCUT2D eigenvalue weighted by Crippen LogP contribution is -2.47. The molecule has 2 aromatic carbocycles. The lowest BCUT2D eigenvalue weighted by Gasteiger charge is -2.22. The number of halogens is 2. The average molecular weight is 486 g/mol. The number of hydrogen-bond acceptors (Lipinski definition) is 5. The van der Waals surface area contributed by atoms with E-state index in [1.807, 2.05) is 41.0 Å². The van der Waals surface area contributed by atoms with Gasteiger partial charge in [0.2, 0.25) is 5.91 Å². The van der Waals surface area contributed by atoms with E-state index in [0.29, 0.717) is 33.1 Å². The molecule has 0 spiro atoms. The predicted octanol–water partition coefficient (Wildman–Crippen LogP) is 5.20. The topological polar surface area (TPSA) is 83.6 Å². The Morgan fingerprint density at radius 3 is 2.66 bits per heavy atom. The summed E-state index contributed by atoms with van der Waals surface area (Å²) < 4.78 is 1.94. The molecule has 6 nitrogen and oxygen atoms in total. The largest absolute Gasteiger partial charge is 0.337 e. The van der Waals surface area contributed by atoms with Crippen LogP contribution in [0.5, 0.6) is 0 Å². The van der Waals surface area contributed by atoms with E-state index in [9.17, 15) is 10.1 Å². The molecule has 1 unspecified atom stereocenters. The lowest BCUT2D eigenvalue weighted by molar-refractivity contribution is -0.119. The monoisotopic (exact) mass is 485 g/mol. The van der Waals surface area contributed by atoms with Gasteiger partial charge in [0.1, 0.15) is 5.54 Å². The molecule has 0 bridgehead atoms. The molecule has 3 aromatic rings. The number of rotatable bonds is 8. The second kappa shape index (κ2) is 9.53. The molecular weight excluding hydrogens is 465 g/mol. The van der Waals surface area contributed by atoms with Gasteiger partial charge in [0.05, 0.1) is 23.4 Å². The molecule has 32 heavy (non-hydrogen) atoms. The second-order valence-corrected chi connectivity index (χ2v) is 9.71. The number of amides is 1. The Bertz CT molecular complexity index is 1170. The van der Waals surface area contributed by atoms with Crippen molar-refractivity contribution in [3.05, 3.63) is 64.1 Å². The first-order valence-electron chi connectivity index (χ1n) is 10.2. The fourth-order valence-electron chi connectivity index (χ4n) is 3.51. The SMILES string of the molecule is CC(C#N)(NC(=O)CSc1nnc(-c2ccc(Cl)cc2Cl)n1Cc1ccccc1)C1CC1. The summed E-state index contributed by atoms with van der Waals surface area (Å²) in [4.78, 5) is 12.6. The molecule has 1 aromatic heterocycles. The summed E-state index contributed by atoms with van der Waals surface area (Å²) in [6.45, 7) is 2.30. The molecule has 1 aliphatic carbocycles. The molecule has 0 saturated heterocycles. The van der Waals surface area contributed by atoms with Crippen LogP contribution < -0.4 is 5.32 Å². The highest BCUT2D eigenvalue weighted by atomic mass is 35.5. The van der Waals surface area contributed by atoms with Crippen molar-refractivity contribution in [3.8, 4) is 17.5 Å². The molecule has 1 N–H and O–H groups in total. The highest BCUT2D eigenvalue weighted by Gasteiger charge is 2.43. The van der Waals surface area contributed by atoms with Gasteiger partial charge in [0.15, 0.2) is 11.0 Å². The zero-order valence-electron chi connectivity index (χ0n) is 17.4. The minimum Gasteiger partial charge on any atom is -0.337 e. The van der Waals surface area contributed by atoms with Crippen LogP contribution in [0.1, 0.15) is 25.3 Å². The first kappa shape index (κ1) is 22.7. The maximum Gasteiger partial charge on any atom is 0.231 e. The van der Waals surface area contributed by atoms with E-state index in [1.54, 1.807) is 19.1 Å². The second-order valence-electron chi connectivity index (χ2n) is 7.93. The van der Waals surface area contributed by atoms with Crippen LogP contribution in [0, 0.1) is 17.2 Å². The third-order valence-electron chi connectivity index (χ3n) is 5.43. The van der Waals surface area contributed by atoms with Crippen LogP contribution >= 0.6 is 35.0 Å². The van der Waals surface area contributed by atoms with Crippen LogP contribution in [-0.4, -0.2) is 32.0 Å². The molecule has 0 aliphatic heterocycles. The summed E-state index contributed by atoms with van der Waals surface area (Å²) in [6, 6.07) is 17.4. The maximum atomic E-state index is 12.6. The average Bonchev–Trinajstić information content (AvgIpc) is 3.57. The molecule has 1 atom stereocenters. The Morgan fingerprint density at radius 1 is 1.25 bits per heavy atom. The number of thioether (sulfide) groups is 1. The third kappa shape index (κ3) is 5.09. The summed E-state index contributed by atoms with van der Waals surface area (Å²) in [7, 11) is 0. The number of carbonyl (C=O) groups excluding carboxylic acids is 1. The summed E-state index contributed by atoms with van der Waals surface area (Å²) in [5, 5.41) is 22.7. The molecule has 1 saturated carbocycles. The molecule has 9 heteroatoms. The highest BCUT2D eigenvalue weighted by molar-refractivity contribution is 7.99. The Hall–Kier alpha value is -2.53. The number of aromatic nitrogens is 3. The van der Waals surface area contributed by atoms with E-state index < -0.39 is 5.54 Å². The van der Waals surface area contributed by atoms with Crippen molar-refractivity contribution in [2.24, 2.45) is 5.92 Å². The van der Waals surface area contributed by atoms with Gasteiger partial charge in [-0.1, -0.05) is 65.3 Å². The van der Waals surface area contributed by atoms with Gasteiger partial charge < -0.3 is 5.32 Å². The quantitative estimate of drug-likeness (QED) is 0.443. The summed E-state index contributed by atoms with van der Waals surface area (Å²) in [6.07, 6.45) is 1.93. The molecule has 1 heterocycles. The van der Waals surface area contributed by atoms with Crippen molar-refractivity contribution in [2.45, 2.75) is 37.0 Å². The van der Waals surface area contributed by atoms with Gasteiger partial charge in [-0.3, -0.25) is 9.36 Å². The fraction of sp³-hybridized carbons (Fsp3) is 0.304. The van der Waals surface area contributed by atoms with E-state index >= 15 is 0 Å². The van der Waals surface area contributed by atoms with Gasteiger partial charge >= 0.3 is 0 Å². The van der Waals surface area contributed by atoms with Crippen molar-refractivity contribution in [2.75, 3.05) is 5.75 Å². The highest BCUT2D eigenvalue weighted by Crippen LogP contribution is 2.39. The van der Waals surface area contributed by atoms with E-state index in [1.165, 1.54) is 11.8 Å². The number of hydrogen-bond donors (Lipinski definition) is 1. The molecule has 1 amide bonds. The van der Waals surface area contributed by atoms with E-state index in [2.05, 4.69) is 21.6 Å². The van der Waals surface area contributed by atoms with Gasteiger partial charge in [-0.05, 0) is 49.4 Å². The third-order valence-corrected chi connectivity index (χ3v) is 6.94. The normalized spacial score (nSPS) is 15.1. The molecule has 0 radical (unpaired) electrons. The molecule has 1 fully saturated rings. The van der Waals surface area contributed by atoms with Gasteiger partial charge in [0, 0.05) is 10.6 Å². The Kier molecular flexibility index (Phi) is 6.75. The summed E-state index contributed by atoms with van der Waals surface area (Å²) in [5.74, 6) is 0.747. The molecule has 164 valence electrons. The Balaban J connectivity index is 1.58. The molecule has 4 rings (SSSR count). The van der Waals surface area contributed by atoms with Crippen molar-refractivity contribution in [1.82, 2.24) is 20.1 Å². The summed E-state index contributed by atoms with van der Waals surface area (Å²) >= 11 is 13.8. The zero-order chi connectivity index (χ0) is 22.7. The van der Waals surface area contributed by atoms with E-state index in [4.69, 9.17) is 23.2 Å². The van der Waals surface area contributed by atoms with Gasteiger partial charge in [0.25, 0.3) is 0 Å². The number of nitriles is 1. The van der Waals surface area contributed by atoms with Crippen LogP contribution in [0.4, 0.5) is 0 Å². The van der Waals surface area contributed by atoms with Crippen LogP contribution in [0.15, 0.2) is 53.7 Å². The predicted molar refractivity (Wildman–Crippen MR) is 127 cm³/mol. The van der Waals surface area contributed by atoms with Gasteiger partial charge in [-0.15, -0.1) is 10.2 Å². The number of nitrogens with zero attached hydrogens (tertiary/aromatic N) is 4. The smallest absolute Gasteiger partial charge is 0.231 e. The van der Waals surface area contributed by atoms with Crippen molar-refractivity contribution in [3.63, 3.8) is 0 Å². The fourth-order valence-corrected chi connectivity index (χ4v) is 4.74. The van der Waals surface area contributed by atoms with Gasteiger partial charge in [-0.25, -0.2) is 0 Å². The van der Waals surface area contributed by atoms with Crippen molar-refractivity contribution >= 4 is 40.9 Å². The van der Waals surface area contributed by atoms with Crippen LogP contribution in [0.2, 0.25) is 10.0 Å².